The largest absolute Gasteiger partial charge is 1.00 e. The molecule has 0 heterocycles. The third-order valence-corrected chi connectivity index (χ3v) is 0. The van der Waals surface area contributed by atoms with Crippen LogP contribution in [0.25, 0.3) is 0 Å². The van der Waals surface area contributed by atoms with E-state index in [1.807, 2.05) is 0 Å². The molecule has 0 aliphatic rings. The molecule has 0 fully saturated rings. The molecule has 0 bridgehead atoms. The van der Waals surface area contributed by atoms with Crippen LogP contribution in [-0.2, 0) is 4.57 Å². The fourth-order valence-electron chi connectivity index (χ4n) is 0. The van der Waals surface area contributed by atoms with Crippen LogP contribution in [0.3, 0.4) is 0 Å². The van der Waals surface area contributed by atoms with E-state index in [1.54, 1.807) is 0 Å². The van der Waals surface area contributed by atoms with Crippen LogP contribution in [0.5, 0.6) is 0 Å². The van der Waals surface area contributed by atoms with Gasteiger partial charge in [0.1, 0.15) is 0 Å². The zero-order valence-corrected chi connectivity index (χ0v) is 16.7. The summed E-state index contributed by atoms with van der Waals surface area (Å²) in [6, 6.07) is 0. The summed E-state index contributed by atoms with van der Waals surface area (Å²) in [5.74, 6) is 0. The summed E-state index contributed by atoms with van der Waals surface area (Å²) in [5, 5.41) is 88.5. The van der Waals surface area contributed by atoms with E-state index in [1.165, 1.54) is 0 Å². The Bertz CT molecular complexity index is 163. The first kappa shape index (κ1) is 44.4. The molecule has 0 radical (unpaired) electrons. The topological polar surface area (TPSA) is 326 Å². The molecule has 0 rings (SSSR count). The van der Waals surface area contributed by atoms with E-state index in [0.717, 1.165) is 0 Å². The molecule has 0 spiro atoms. The van der Waals surface area contributed by atoms with Crippen molar-refractivity contribution in [2.24, 2.45) is 0 Å². The van der Waals surface area contributed by atoms with Gasteiger partial charge in [0.2, 0.25) is 0 Å². The first-order valence-corrected chi connectivity index (χ1v) is 5.40. The van der Waals surface area contributed by atoms with Crippen LogP contribution >= 0.6 is 7.82 Å². The van der Waals surface area contributed by atoms with Gasteiger partial charge in [-0.05, 0) is 0 Å². The van der Waals surface area contributed by atoms with Gasteiger partial charge >= 0.3 is 88.9 Å². The van der Waals surface area contributed by atoms with Crippen molar-refractivity contribution in [2.45, 2.75) is 0 Å². The van der Waals surface area contributed by atoms with E-state index >= 15 is 0 Å². The third kappa shape index (κ3) is 3210. The molecule has 0 unspecified atom stereocenters. The molecular weight excluding hydrogens is 376 g/mol. The molecule has 0 aliphatic heterocycles. The molecule has 0 aliphatic carbocycles. The van der Waals surface area contributed by atoms with Crippen molar-refractivity contribution in [3.8, 4) is 0 Å². The van der Waals surface area contributed by atoms with Crippen molar-refractivity contribution in [3.05, 3.63) is 0 Å². The van der Waals surface area contributed by atoms with Crippen LogP contribution in [0.15, 0.2) is 0 Å². The molecule has 128 valence electrons. The minimum atomic E-state index is -4.64. The summed E-state index contributed by atoms with van der Waals surface area (Å²) in [6.07, 6.45) is 0. The Morgan fingerprint density at radius 1 is 0.565 bits per heavy atom. The van der Waals surface area contributed by atoms with E-state index < -0.39 is 37.1 Å². The van der Waals surface area contributed by atoms with Crippen molar-refractivity contribution in [1.82, 2.24) is 0 Å². The van der Waals surface area contributed by atoms with Gasteiger partial charge in [-0.25, -0.2) is 4.57 Å². The predicted octanol–water partition coefficient (Wildman–Crippen LogP) is -16.4. The fraction of sp³-hybridized carbons (Fsp3) is 0. The second-order valence-corrected chi connectivity index (χ2v) is 2.89. The number of hydrogen-bond acceptors (Lipinski definition) is 13. The summed E-state index contributed by atoms with van der Waals surface area (Å²) in [6.45, 7) is 0. The van der Waals surface area contributed by atoms with Gasteiger partial charge in [0, 0.05) is 0 Å². The Morgan fingerprint density at radius 3 is 0.565 bits per heavy atom. The average molecular weight is 389 g/mol. The van der Waals surface area contributed by atoms with Crippen LogP contribution in [0.2, 0.25) is 0 Å². The maximum atomic E-state index is 8.88. The normalized spacial score (nSPS) is 7.26. The molecule has 0 aromatic carbocycles. The summed E-state index contributed by atoms with van der Waals surface area (Å²) in [4.78, 5) is 21.6. The Kier molecular flexibility index (Phi) is 61.1. The summed E-state index contributed by atoms with van der Waals surface area (Å²) in [7, 11) is -13.8. The molecular formula is H13B4Na2O16P. The summed E-state index contributed by atoms with van der Waals surface area (Å²) >= 11 is 0. The molecule has 16 nitrogen and oxygen atoms in total. The van der Waals surface area contributed by atoms with Crippen LogP contribution in [0.1, 0.15) is 0 Å². The standard InChI is InChI=1S/3BH3O3.BHO3.2Na.H3O4P/c4*2-1(3)4;;;1-5(2,3)4/h3*2-4H;2H;;;(H3,1,2,3,4)/q;;;-2;2*+1;. The number of hydrogen-bond donors (Lipinski definition) is 13. The second-order valence-electron chi connectivity index (χ2n) is 1.86. The van der Waals surface area contributed by atoms with Crippen LogP contribution < -0.4 is 69.2 Å². The van der Waals surface area contributed by atoms with Crippen molar-refractivity contribution in [1.29, 1.82) is 0 Å². The van der Waals surface area contributed by atoms with E-state index in [-0.39, 0.29) is 59.1 Å². The van der Waals surface area contributed by atoms with Gasteiger partial charge in [-0.15, -0.1) is 0 Å². The van der Waals surface area contributed by atoms with E-state index in [2.05, 4.69) is 0 Å². The van der Waals surface area contributed by atoms with E-state index in [0.29, 0.717) is 0 Å². The van der Waals surface area contributed by atoms with Crippen LogP contribution in [0.4, 0.5) is 0 Å². The molecule has 0 aromatic rings. The Morgan fingerprint density at radius 2 is 0.565 bits per heavy atom. The minimum Gasteiger partial charge on any atom is -0.871 e. The molecule has 0 saturated carbocycles. The van der Waals surface area contributed by atoms with Gasteiger partial charge in [-0.3, -0.25) is 0 Å². The number of rotatable bonds is 0. The predicted molar refractivity (Wildman–Crippen MR) is 59.5 cm³/mol. The van der Waals surface area contributed by atoms with Gasteiger partial charge in [-0.1, -0.05) is 0 Å². The Hall–Kier alpha value is 1.89. The van der Waals surface area contributed by atoms with Gasteiger partial charge in [0.05, 0.1) is 7.32 Å². The quantitative estimate of drug-likeness (QED) is 0.135. The smallest absolute Gasteiger partial charge is 0.871 e. The maximum Gasteiger partial charge on any atom is 1.00 e. The Labute approximate surface area is 174 Å². The van der Waals surface area contributed by atoms with Gasteiger partial charge < -0.3 is 75.0 Å². The van der Waals surface area contributed by atoms with Gasteiger partial charge in [-0.2, -0.15) is 0 Å². The molecule has 0 aromatic heterocycles. The van der Waals surface area contributed by atoms with Gasteiger partial charge in [0.25, 0.3) is 0 Å². The Balaban J connectivity index is -0.0000000273. The second kappa shape index (κ2) is 31.6. The molecule has 13 N–H and O–H groups in total. The molecule has 0 saturated heterocycles. The van der Waals surface area contributed by atoms with Gasteiger partial charge in [0.15, 0.2) is 0 Å². The minimum absolute atomic E-state index is 0. The van der Waals surface area contributed by atoms with Crippen molar-refractivity contribution >= 4 is 37.1 Å². The van der Waals surface area contributed by atoms with E-state index in [4.69, 9.17) is 79.5 Å². The average Bonchev–Trinajstić information content (AvgIpc) is 1.91. The molecule has 23 heavy (non-hydrogen) atoms. The van der Waals surface area contributed by atoms with Crippen LogP contribution in [0, 0.1) is 0 Å². The van der Waals surface area contributed by atoms with Crippen molar-refractivity contribution in [3.63, 3.8) is 0 Å². The number of phosphoric acid groups is 1. The van der Waals surface area contributed by atoms with Crippen molar-refractivity contribution < 1.29 is 139 Å². The third-order valence-electron chi connectivity index (χ3n) is 0. The van der Waals surface area contributed by atoms with Crippen molar-refractivity contribution in [2.75, 3.05) is 0 Å². The monoisotopic (exact) mass is 390 g/mol. The molecule has 0 atom stereocenters. The SMILES string of the molecule is O=P(O)(O)O.OB(O)O.OB(O)O.OB(O)O.[Na+].[Na+].[O-]B([O-])O. The maximum absolute atomic E-state index is 8.88. The van der Waals surface area contributed by atoms with E-state index in [9.17, 15) is 0 Å². The zero-order valence-electron chi connectivity index (χ0n) is 11.8. The summed E-state index contributed by atoms with van der Waals surface area (Å²) in [5.41, 5.74) is 0. The first-order chi connectivity index (χ1) is 8.93. The zero-order chi connectivity index (χ0) is 18.8. The fourth-order valence-corrected chi connectivity index (χ4v) is 0. The molecule has 0 amide bonds. The summed E-state index contributed by atoms with van der Waals surface area (Å²) < 4.78 is 8.88. The van der Waals surface area contributed by atoms with Crippen LogP contribution in [-0.4, -0.2) is 94.2 Å². The first-order valence-electron chi connectivity index (χ1n) is 3.84. The molecule has 23 heteroatoms.